The monoisotopic (exact) mass is 422 g/mol. The zero-order chi connectivity index (χ0) is 22.2. The van der Waals surface area contributed by atoms with Crippen molar-refractivity contribution in [1.29, 1.82) is 0 Å². The Hall–Kier alpha value is -3.35. The van der Waals surface area contributed by atoms with E-state index in [0.29, 0.717) is 29.7 Å². The second-order valence-electron chi connectivity index (χ2n) is 8.50. The molecule has 2 aromatic carbocycles. The summed E-state index contributed by atoms with van der Waals surface area (Å²) < 4.78 is 11.4. The number of nitrogens with zero attached hydrogens (tertiary/aromatic N) is 1. The van der Waals surface area contributed by atoms with Crippen LogP contribution in [0.15, 0.2) is 42.5 Å². The number of carbonyl (C=O) groups is 3. The van der Waals surface area contributed by atoms with Gasteiger partial charge in [-0.15, -0.1) is 0 Å². The molecule has 4 rings (SSSR count). The lowest BCUT2D eigenvalue weighted by molar-refractivity contribution is -0.122. The van der Waals surface area contributed by atoms with Gasteiger partial charge in [-0.25, -0.2) is 0 Å². The third-order valence-corrected chi connectivity index (χ3v) is 5.67. The molecule has 1 unspecified atom stereocenters. The van der Waals surface area contributed by atoms with Gasteiger partial charge in [0.1, 0.15) is 17.1 Å². The quantitative estimate of drug-likeness (QED) is 0.721. The van der Waals surface area contributed by atoms with Crippen LogP contribution in [0.5, 0.6) is 11.5 Å². The number of methoxy groups -OCH3 is 1. The highest BCUT2D eigenvalue weighted by molar-refractivity contribution is 6.21. The molecule has 1 atom stereocenters. The van der Waals surface area contributed by atoms with Gasteiger partial charge in [0, 0.05) is 24.9 Å². The number of fused-ring (bicyclic) bond motifs is 2. The van der Waals surface area contributed by atoms with Gasteiger partial charge in [0.05, 0.1) is 24.3 Å². The first kappa shape index (κ1) is 20.9. The van der Waals surface area contributed by atoms with Crippen molar-refractivity contribution in [3.63, 3.8) is 0 Å². The molecule has 7 nitrogen and oxygen atoms in total. The highest BCUT2D eigenvalue weighted by Gasteiger charge is 2.36. The minimum Gasteiger partial charge on any atom is -0.497 e. The number of carbonyl (C=O) groups excluding carboxylic acids is 3. The number of hydrogen-bond acceptors (Lipinski definition) is 5. The van der Waals surface area contributed by atoms with Crippen LogP contribution in [0.3, 0.4) is 0 Å². The third-order valence-electron chi connectivity index (χ3n) is 5.67. The van der Waals surface area contributed by atoms with E-state index in [9.17, 15) is 14.4 Å². The largest absolute Gasteiger partial charge is 0.497 e. The van der Waals surface area contributed by atoms with Crippen LogP contribution in [0.1, 0.15) is 65.4 Å². The number of amides is 3. The molecule has 2 aliphatic rings. The summed E-state index contributed by atoms with van der Waals surface area (Å²) in [6.45, 7) is 4.19. The number of imide groups is 1. The second kappa shape index (κ2) is 8.06. The van der Waals surface area contributed by atoms with Gasteiger partial charge in [-0.3, -0.25) is 19.3 Å². The summed E-state index contributed by atoms with van der Waals surface area (Å²) in [5.74, 6) is 0.704. The lowest BCUT2D eigenvalue weighted by Crippen LogP contribution is -2.41. The van der Waals surface area contributed by atoms with E-state index in [0.717, 1.165) is 11.3 Å². The Bertz CT molecular complexity index is 1010. The molecule has 0 saturated heterocycles. The van der Waals surface area contributed by atoms with Crippen LogP contribution in [-0.2, 0) is 4.79 Å². The smallest absolute Gasteiger partial charge is 0.261 e. The fourth-order valence-corrected chi connectivity index (χ4v) is 4.19. The molecule has 0 aromatic heterocycles. The normalized spacial score (nSPS) is 18.8. The average molecular weight is 422 g/mol. The summed E-state index contributed by atoms with van der Waals surface area (Å²) in [6.07, 6.45) is 1.23. The van der Waals surface area contributed by atoms with Crippen molar-refractivity contribution < 1.29 is 23.9 Å². The predicted molar refractivity (Wildman–Crippen MR) is 114 cm³/mol. The number of ether oxygens (including phenoxy) is 2. The zero-order valence-corrected chi connectivity index (χ0v) is 17.9. The maximum absolute atomic E-state index is 12.7. The van der Waals surface area contributed by atoms with E-state index in [2.05, 4.69) is 5.32 Å². The Balaban J connectivity index is 1.38. The number of hydrogen-bond donors (Lipinski definition) is 1. The Morgan fingerprint density at radius 2 is 1.84 bits per heavy atom. The van der Waals surface area contributed by atoms with E-state index in [1.807, 2.05) is 32.0 Å². The highest BCUT2D eigenvalue weighted by Crippen LogP contribution is 2.41. The molecular weight excluding hydrogens is 396 g/mol. The number of nitrogens with one attached hydrogen (secondary N) is 1. The van der Waals surface area contributed by atoms with Gasteiger partial charge in [-0.1, -0.05) is 12.1 Å². The van der Waals surface area contributed by atoms with Crippen molar-refractivity contribution >= 4 is 17.7 Å². The van der Waals surface area contributed by atoms with Gasteiger partial charge < -0.3 is 14.8 Å². The van der Waals surface area contributed by atoms with Crippen LogP contribution in [-0.4, -0.2) is 41.9 Å². The predicted octanol–water partition coefficient (Wildman–Crippen LogP) is 3.49. The van der Waals surface area contributed by atoms with Crippen LogP contribution >= 0.6 is 0 Å². The molecular formula is C24H26N2O5. The van der Waals surface area contributed by atoms with Crippen molar-refractivity contribution in [3.8, 4) is 11.5 Å². The fraction of sp³-hybridized carbons (Fsp3) is 0.375. The third kappa shape index (κ3) is 4.13. The van der Waals surface area contributed by atoms with Gasteiger partial charge >= 0.3 is 0 Å². The van der Waals surface area contributed by atoms with E-state index in [4.69, 9.17) is 9.47 Å². The molecule has 2 aromatic rings. The van der Waals surface area contributed by atoms with Gasteiger partial charge in [0.2, 0.25) is 5.91 Å². The average Bonchev–Trinajstić information content (AvgIpc) is 2.98. The Morgan fingerprint density at radius 3 is 2.48 bits per heavy atom. The van der Waals surface area contributed by atoms with Crippen LogP contribution in [0, 0.1) is 0 Å². The molecule has 0 spiro atoms. The summed E-state index contributed by atoms with van der Waals surface area (Å²) in [4.78, 5) is 38.8. The van der Waals surface area contributed by atoms with Gasteiger partial charge in [0.15, 0.2) is 0 Å². The van der Waals surface area contributed by atoms with E-state index in [1.54, 1.807) is 31.4 Å². The van der Waals surface area contributed by atoms with E-state index in [1.165, 1.54) is 4.90 Å². The van der Waals surface area contributed by atoms with E-state index < -0.39 is 5.60 Å². The van der Waals surface area contributed by atoms with Gasteiger partial charge in [-0.2, -0.15) is 0 Å². The second-order valence-corrected chi connectivity index (χ2v) is 8.50. The molecule has 0 aliphatic carbocycles. The molecule has 2 heterocycles. The maximum atomic E-state index is 12.7. The van der Waals surface area contributed by atoms with Crippen LogP contribution in [0.25, 0.3) is 0 Å². The van der Waals surface area contributed by atoms with Crippen molar-refractivity contribution in [2.45, 2.75) is 44.8 Å². The van der Waals surface area contributed by atoms with Crippen molar-refractivity contribution in [2.75, 3.05) is 13.7 Å². The zero-order valence-electron chi connectivity index (χ0n) is 17.9. The van der Waals surface area contributed by atoms with Crippen molar-refractivity contribution in [2.24, 2.45) is 0 Å². The summed E-state index contributed by atoms with van der Waals surface area (Å²) >= 11 is 0. The van der Waals surface area contributed by atoms with E-state index >= 15 is 0 Å². The number of benzene rings is 2. The summed E-state index contributed by atoms with van der Waals surface area (Å²) in [5.41, 5.74) is 1.31. The Labute approximate surface area is 181 Å². The minimum atomic E-state index is -0.417. The molecule has 3 amide bonds. The highest BCUT2D eigenvalue weighted by atomic mass is 16.5. The molecule has 2 aliphatic heterocycles. The summed E-state index contributed by atoms with van der Waals surface area (Å²) in [7, 11) is 1.60. The SMILES string of the molecule is COc1ccc2c(c1)C(NC(=O)CCCN1C(=O)c3ccccc3C1=O)CC(C)(C)O2. The topological polar surface area (TPSA) is 84.9 Å². The lowest BCUT2D eigenvalue weighted by Gasteiger charge is -2.38. The van der Waals surface area contributed by atoms with Gasteiger partial charge in [0.25, 0.3) is 11.8 Å². The molecule has 1 N–H and O–H groups in total. The molecule has 7 heteroatoms. The van der Waals surface area contributed by atoms with Crippen LogP contribution < -0.4 is 14.8 Å². The standard InChI is InChI=1S/C24H26N2O5/c1-24(2)14-19(18-13-15(30-3)10-11-20(18)31-24)25-21(27)9-6-12-26-22(28)16-7-4-5-8-17(16)23(26)29/h4-5,7-8,10-11,13,19H,6,9,12,14H2,1-3H3,(H,25,27). The molecule has 162 valence electrons. The molecule has 0 saturated carbocycles. The molecule has 0 radical (unpaired) electrons. The first-order valence-electron chi connectivity index (χ1n) is 10.4. The number of rotatable bonds is 6. The maximum Gasteiger partial charge on any atom is 0.261 e. The van der Waals surface area contributed by atoms with Crippen LogP contribution in [0.4, 0.5) is 0 Å². The summed E-state index contributed by atoms with van der Waals surface area (Å²) in [6, 6.07) is 12.2. The first-order valence-corrected chi connectivity index (χ1v) is 10.4. The molecule has 0 fully saturated rings. The van der Waals surface area contributed by atoms with Crippen molar-refractivity contribution in [1.82, 2.24) is 10.2 Å². The molecule has 0 bridgehead atoms. The van der Waals surface area contributed by atoms with E-state index in [-0.39, 0.29) is 36.7 Å². The Kier molecular flexibility index (Phi) is 5.43. The fourth-order valence-electron chi connectivity index (χ4n) is 4.19. The van der Waals surface area contributed by atoms with Crippen molar-refractivity contribution in [3.05, 3.63) is 59.2 Å². The minimum absolute atomic E-state index is 0.131. The van der Waals surface area contributed by atoms with Gasteiger partial charge in [-0.05, 0) is 50.6 Å². The molecule has 31 heavy (non-hydrogen) atoms. The Morgan fingerprint density at radius 1 is 1.16 bits per heavy atom. The lowest BCUT2D eigenvalue weighted by atomic mass is 9.89. The summed E-state index contributed by atoms with van der Waals surface area (Å²) in [5, 5.41) is 3.08. The first-order chi connectivity index (χ1) is 14.8. The van der Waals surface area contributed by atoms with Crippen LogP contribution in [0.2, 0.25) is 0 Å².